The number of rotatable bonds is 6. The first-order chi connectivity index (χ1) is 15.8. The molecule has 1 aromatic heterocycles. The predicted octanol–water partition coefficient (Wildman–Crippen LogP) is 3.67. The van der Waals surface area contributed by atoms with Gasteiger partial charge in [0.1, 0.15) is 5.82 Å². The topological polar surface area (TPSA) is 91.6 Å². The van der Waals surface area contributed by atoms with E-state index < -0.39 is 0 Å². The second kappa shape index (κ2) is 9.50. The SMILES string of the molecule is C[C@H](C(=O)N[C@H](C)c1ccc(F)cc1)N1CCN(c2ccc([N+](=O)[O-])c3cnccc23)CC1. The van der Waals surface area contributed by atoms with Gasteiger partial charge in [-0.1, -0.05) is 12.1 Å². The lowest BCUT2D eigenvalue weighted by Crippen LogP contribution is -2.54. The molecule has 9 heteroatoms. The lowest BCUT2D eigenvalue weighted by molar-refractivity contribution is -0.383. The number of aromatic nitrogens is 1. The number of nitrogens with zero attached hydrogens (tertiary/aromatic N) is 4. The second-order valence-electron chi connectivity index (χ2n) is 8.26. The number of piperazine rings is 1. The van der Waals surface area contributed by atoms with Gasteiger partial charge in [0.05, 0.1) is 22.4 Å². The fraction of sp³-hybridized carbons (Fsp3) is 0.333. The van der Waals surface area contributed by atoms with Gasteiger partial charge in [-0.05, 0) is 43.7 Å². The standard InChI is InChI=1S/C24H26FN5O3/c1-16(18-3-5-19(25)6-4-18)27-24(31)17(2)28-11-13-29(14-12-28)22-7-8-23(30(32)33)21-15-26-10-9-20(21)22/h3-10,15-17H,11-14H2,1-2H3,(H,27,31)/t16-,17-/m1/s1. The van der Waals surface area contributed by atoms with Crippen LogP contribution in [0.2, 0.25) is 0 Å². The summed E-state index contributed by atoms with van der Waals surface area (Å²) in [4.78, 5) is 32.2. The molecule has 33 heavy (non-hydrogen) atoms. The van der Waals surface area contributed by atoms with E-state index in [1.807, 2.05) is 13.8 Å². The highest BCUT2D eigenvalue weighted by Gasteiger charge is 2.28. The predicted molar refractivity (Wildman–Crippen MR) is 125 cm³/mol. The molecule has 172 valence electrons. The zero-order valence-corrected chi connectivity index (χ0v) is 18.6. The third kappa shape index (κ3) is 4.78. The Labute approximate surface area is 191 Å². The highest BCUT2D eigenvalue weighted by molar-refractivity contribution is 5.99. The number of non-ortho nitro benzene ring substituents is 1. The number of amides is 1. The molecule has 1 fully saturated rings. The Bertz CT molecular complexity index is 1160. The molecule has 1 N–H and O–H groups in total. The van der Waals surface area contributed by atoms with E-state index in [1.54, 1.807) is 30.5 Å². The molecule has 3 aromatic rings. The van der Waals surface area contributed by atoms with Crippen molar-refractivity contribution in [2.45, 2.75) is 25.9 Å². The number of carbonyl (C=O) groups excluding carboxylic acids is 1. The minimum atomic E-state index is -0.390. The summed E-state index contributed by atoms with van der Waals surface area (Å²) in [7, 11) is 0. The first-order valence-corrected chi connectivity index (χ1v) is 10.9. The van der Waals surface area contributed by atoms with Crippen molar-refractivity contribution in [3.05, 3.63) is 76.4 Å². The molecule has 0 spiro atoms. The normalized spacial score (nSPS) is 16.4. The summed E-state index contributed by atoms with van der Waals surface area (Å²) in [5.74, 6) is -0.382. The molecule has 0 unspecified atom stereocenters. The van der Waals surface area contributed by atoms with Crippen LogP contribution >= 0.6 is 0 Å². The van der Waals surface area contributed by atoms with Gasteiger partial charge in [0.25, 0.3) is 5.69 Å². The number of anilines is 1. The van der Waals surface area contributed by atoms with Crippen LogP contribution in [0.4, 0.5) is 15.8 Å². The summed E-state index contributed by atoms with van der Waals surface area (Å²) in [6, 6.07) is 10.7. The molecule has 1 saturated heterocycles. The number of halogens is 1. The lowest BCUT2D eigenvalue weighted by atomic mass is 10.1. The van der Waals surface area contributed by atoms with Crippen molar-refractivity contribution in [3.8, 4) is 0 Å². The van der Waals surface area contributed by atoms with Crippen LogP contribution in [0.25, 0.3) is 10.8 Å². The number of hydrogen-bond acceptors (Lipinski definition) is 6. The number of fused-ring (bicyclic) bond motifs is 1. The van der Waals surface area contributed by atoms with E-state index in [2.05, 4.69) is 20.1 Å². The van der Waals surface area contributed by atoms with Crippen LogP contribution in [0.1, 0.15) is 25.5 Å². The first kappa shape index (κ1) is 22.6. The molecule has 0 radical (unpaired) electrons. The van der Waals surface area contributed by atoms with Gasteiger partial charge in [-0.2, -0.15) is 0 Å². The third-order valence-corrected chi connectivity index (χ3v) is 6.28. The molecule has 0 bridgehead atoms. The monoisotopic (exact) mass is 451 g/mol. The smallest absolute Gasteiger partial charge is 0.278 e. The van der Waals surface area contributed by atoms with Crippen LogP contribution in [0, 0.1) is 15.9 Å². The van der Waals surface area contributed by atoms with Crippen molar-refractivity contribution >= 4 is 28.1 Å². The highest BCUT2D eigenvalue weighted by Crippen LogP contribution is 2.33. The maximum absolute atomic E-state index is 13.1. The minimum absolute atomic E-state index is 0.0426. The lowest BCUT2D eigenvalue weighted by Gasteiger charge is -2.39. The van der Waals surface area contributed by atoms with E-state index in [1.165, 1.54) is 24.4 Å². The zero-order valence-electron chi connectivity index (χ0n) is 18.6. The Morgan fingerprint density at radius 2 is 1.76 bits per heavy atom. The van der Waals surface area contributed by atoms with Crippen molar-refractivity contribution in [2.75, 3.05) is 31.1 Å². The van der Waals surface area contributed by atoms with Crippen molar-refractivity contribution in [2.24, 2.45) is 0 Å². The average molecular weight is 452 g/mol. The second-order valence-corrected chi connectivity index (χ2v) is 8.26. The Balaban J connectivity index is 1.40. The summed E-state index contributed by atoms with van der Waals surface area (Å²) in [6.07, 6.45) is 3.17. The van der Waals surface area contributed by atoms with Crippen LogP contribution in [-0.4, -0.2) is 52.9 Å². The zero-order chi connectivity index (χ0) is 23.5. The maximum atomic E-state index is 13.1. The van der Waals surface area contributed by atoms with Crippen LogP contribution in [0.15, 0.2) is 54.9 Å². The molecule has 0 aliphatic carbocycles. The van der Waals surface area contributed by atoms with Gasteiger partial charge in [0, 0.05) is 55.7 Å². The molecule has 0 saturated carbocycles. The van der Waals surface area contributed by atoms with Crippen LogP contribution < -0.4 is 10.2 Å². The molecule has 2 atom stereocenters. The maximum Gasteiger partial charge on any atom is 0.278 e. The van der Waals surface area contributed by atoms with E-state index in [9.17, 15) is 19.3 Å². The van der Waals surface area contributed by atoms with E-state index in [0.29, 0.717) is 31.6 Å². The summed E-state index contributed by atoms with van der Waals surface area (Å²) >= 11 is 0. The van der Waals surface area contributed by atoms with Crippen molar-refractivity contribution in [1.29, 1.82) is 0 Å². The fourth-order valence-electron chi connectivity index (χ4n) is 4.28. The summed E-state index contributed by atoms with van der Waals surface area (Å²) < 4.78 is 13.1. The summed E-state index contributed by atoms with van der Waals surface area (Å²) in [6.45, 7) is 6.52. The van der Waals surface area contributed by atoms with Crippen molar-refractivity contribution in [3.63, 3.8) is 0 Å². The Morgan fingerprint density at radius 1 is 1.06 bits per heavy atom. The van der Waals surface area contributed by atoms with Gasteiger partial charge in [-0.25, -0.2) is 4.39 Å². The van der Waals surface area contributed by atoms with Gasteiger partial charge in [-0.3, -0.25) is 24.8 Å². The number of nitro groups is 1. The van der Waals surface area contributed by atoms with Crippen molar-refractivity contribution in [1.82, 2.24) is 15.2 Å². The Kier molecular flexibility index (Phi) is 6.50. The molecule has 2 aromatic carbocycles. The summed E-state index contributed by atoms with van der Waals surface area (Å²) in [5.41, 5.74) is 1.82. The number of pyridine rings is 1. The molecule has 2 heterocycles. The Hall–Kier alpha value is -3.59. The number of nitrogens with one attached hydrogen (secondary N) is 1. The van der Waals surface area contributed by atoms with Gasteiger partial charge in [-0.15, -0.1) is 0 Å². The molecule has 1 amide bonds. The van der Waals surface area contributed by atoms with Gasteiger partial charge in [0.15, 0.2) is 0 Å². The fourth-order valence-corrected chi connectivity index (χ4v) is 4.28. The van der Waals surface area contributed by atoms with Crippen molar-refractivity contribution < 1.29 is 14.1 Å². The van der Waals surface area contributed by atoms with E-state index in [0.717, 1.165) is 16.6 Å². The van der Waals surface area contributed by atoms with Gasteiger partial charge in [0.2, 0.25) is 5.91 Å². The summed E-state index contributed by atoms with van der Waals surface area (Å²) in [5, 5.41) is 15.7. The molecule has 4 rings (SSSR count). The first-order valence-electron chi connectivity index (χ1n) is 10.9. The quantitative estimate of drug-likeness (QED) is 0.454. The molecular weight excluding hydrogens is 425 g/mol. The van der Waals surface area contributed by atoms with Gasteiger partial charge >= 0.3 is 0 Å². The minimum Gasteiger partial charge on any atom is -0.368 e. The number of hydrogen-bond donors (Lipinski definition) is 1. The molecule has 1 aliphatic rings. The highest BCUT2D eigenvalue weighted by atomic mass is 19.1. The van der Waals surface area contributed by atoms with Crippen LogP contribution in [-0.2, 0) is 4.79 Å². The van der Waals surface area contributed by atoms with E-state index in [4.69, 9.17) is 0 Å². The van der Waals surface area contributed by atoms with E-state index >= 15 is 0 Å². The van der Waals surface area contributed by atoms with Gasteiger partial charge < -0.3 is 10.2 Å². The molecular formula is C24H26FN5O3. The number of benzene rings is 2. The molecule has 1 aliphatic heterocycles. The van der Waals surface area contributed by atoms with Crippen LogP contribution in [0.3, 0.4) is 0 Å². The average Bonchev–Trinajstić information content (AvgIpc) is 2.83. The third-order valence-electron chi connectivity index (χ3n) is 6.28. The van der Waals surface area contributed by atoms with Crippen LogP contribution in [0.5, 0.6) is 0 Å². The number of carbonyl (C=O) groups is 1. The molecule has 8 nitrogen and oxygen atoms in total. The van der Waals surface area contributed by atoms with E-state index in [-0.39, 0.29) is 34.4 Å². The largest absolute Gasteiger partial charge is 0.368 e. The Morgan fingerprint density at radius 3 is 2.42 bits per heavy atom. The number of nitro benzene ring substituents is 1.